The van der Waals surface area contributed by atoms with Gasteiger partial charge in [-0.25, -0.2) is 0 Å². The molecule has 7 heteroatoms. The molecule has 0 saturated carbocycles. The Morgan fingerprint density at radius 3 is 2.33 bits per heavy atom. The fourth-order valence-electron chi connectivity index (χ4n) is 2.18. The third kappa shape index (κ3) is 7.02. The van der Waals surface area contributed by atoms with E-state index in [0.29, 0.717) is 35.7 Å². The molecule has 0 aliphatic heterocycles. The van der Waals surface area contributed by atoms with Crippen LogP contribution in [-0.2, 0) is 6.42 Å². The average Bonchev–Trinajstić information content (AvgIpc) is 2.53. The van der Waals surface area contributed by atoms with Crippen LogP contribution in [0.15, 0.2) is 17.1 Å². The summed E-state index contributed by atoms with van der Waals surface area (Å²) in [6.07, 6.45) is 1.77. The monoisotopic (exact) mass is 451 g/mol. The smallest absolute Gasteiger partial charge is 0.203 e. The number of halogens is 1. The Balaban J connectivity index is 0.00000529. The summed E-state index contributed by atoms with van der Waals surface area (Å²) in [6, 6.07) is 3.84. The second kappa shape index (κ2) is 12.0. The molecule has 0 saturated heterocycles. The number of hydrogen-bond donors (Lipinski definition) is 2. The molecule has 24 heavy (non-hydrogen) atoms. The zero-order chi connectivity index (χ0) is 17.2. The molecule has 1 aromatic rings. The lowest BCUT2D eigenvalue weighted by Crippen LogP contribution is -2.33. The van der Waals surface area contributed by atoms with Gasteiger partial charge in [-0.3, -0.25) is 4.99 Å². The Morgan fingerprint density at radius 1 is 1.12 bits per heavy atom. The fourth-order valence-corrected chi connectivity index (χ4v) is 2.18. The van der Waals surface area contributed by atoms with Crippen molar-refractivity contribution in [3.05, 3.63) is 17.7 Å². The first-order valence-corrected chi connectivity index (χ1v) is 7.85. The number of guanidine groups is 1. The maximum atomic E-state index is 5.86. The van der Waals surface area contributed by atoms with Gasteiger partial charge in [0.25, 0.3) is 0 Å². The van der Waals surface area contributed by atoms with Gasteiger partial charge in [0.15, 0.2) is 17.5 Å². The topological polar surface area (TPSA) is 78.1 Å². The van der Waals surface area contributed by atoms with Crippen LogP contribution >= 0.6 is 24.0 Å². The third-order valence-corrected chi connectivity index (χ3v) is 3.47. The van der Waals surface area contributed by atoms with Gasteiger partial charge >= 0.3 is 0 Å². The maximum absolute atomic E-state index is 5.86. The van der Waals surface area contributed by atoms with E-state index >= 15 is 0 Å². The fraction of sp³-hybridized carbons (Fsp3) is 0.588. The van der Waals surface area contributed by atoms with E-state index in [-0.39, 0.29) is 24.0 Å². The lowest BCUT2D eigenvalue weighted by atomic mass is 10.1. The Kier molecular flexibility index (Phi) is 11.4. The van der Waals surface area contributed by atoms with Gasteiger partial charge in [0.05, 0.1) is 21.3 Å². The Hall–Kier alpha value is -1.38. The first kappa shape index (κ1) is 22.6. The average molecular weight is 451 g/mol. The highest BCUT2D eigenvalue weighted by atomic mass is 127. The molecule has 1 aromatic carbocycles. The predicted molar refractivity (Wildman–Crippen MR) is 109 cm³/mol. The van der Waals surface area contributed by atoms with E-state index in [2.05, 4.69) is 24.2 Å². The number of aliphatic imine (C=N–C) groups is 1. The summed E-state index contributed by atoms with van der Waals surface area (Å²) in [7, 11) is 4.82. The van der Waals surface area contributed by atoms with Crippen molar-refractivity contribution in [1.82, 2.24) is 5.32 Å². The van der Waals surface area contributed by atoms with Gasteiger partial charge in [-0.1, -0.05) is 19.9 Å². The first-order chi connectivity index (χ1) is 11.0. The molecule has 0 unspecified atom stereocenters. The number of nitrogens with two attached hydrogens (primary N) is 1. The molecule has 0 spiro atoms. The molecule has 0 fully saturated rings. The van der Waals surface area contributed by atoms with Crippen LogP contribution in [0.1, 0.15) is 25.8 Å². The number of hydrogen-bond acceptors (Lipinski definition) is 4. The van der Waals surface area contributed by atoms with Crippen LogP contribution in [0, 0.1) is 5.92 Å². The van der Waals surface area contributed by atoms with Gasteiger partial charge in [0.1, 0.15) is 0 Å². The predicted octanol–water partition coefficient (Wildman–Crippen LogP) is 2.82. The molecular formula is C17H30IN3O3. The molecule has 0 radical (unpaired) electrons. The Morgan fingerprint density at radius 2 is 1.79 bits per heavy atom. The summed E-state index contributed by atoms with van der Waals surface area (Å²) in [5.74, 6) is 3.04. The molecule has 6 nitrogen and oxygen atoms in total. The summed E-state index contributed by atoms with van der Waals surface area (Å²) in [6.45, 7) is 5.75. The minimum atomic E-state index is 0. The molecule has 0 atom stereocenters. The normalized spacial score (nSPS) is 11.0. The summed E-state index contributed by atoms with van der Waals surface area (Å²) >= 11 is 0. The molecule has 0 aromatic heterocycles. The Labute approximate surface area is 162 Å². The number of nitrogens with zero attached hydrogens (tertiary/aromatic N) is 1. The van der Waals surface area contributed by atoms with Gasteiger partial charge in [-0.15, -0.1) is 24.0 Å². The van der Waals surface area contributed by atoms with Gasteiger partial charge in [-0.05, 0) is 24.8 Å². The highest BCUT2D eigenvalue weighted by Gasteiger charge is 2.15. The molecule has 0 heterocycles. The quantitative estimate of drug-likeness (QED) is 0.343. The summed E-state index contributed by atoms with van der Waals surface area (Å²) in [4.78, 5) is 4.31. The minimum absolute atomic E-state index is 0. The molecule has 138 valence electrons. The largest absolute Gasteiger partial charge is 0.493 e. The van der Waals surface area contributed by atoms with Crippen molar-refractivity contribution in [3.8, 4) is 17.2 Å². The summed E-state index contributed by atoms with van der Waals surface area (Å²) < 4.78 is 16.1. The van der Waals surface area contributed by atoms with E-state index in [4.69, 9.17) is 19.9 Å². The van der Waals surface area contributed by atoms with Crippen LogP contribution in [0.3, 0.4) is 0 Å². The molecule has 1 rings (SSSR count). The molecule has 0 amide bonds. The van der Waals surface area contributed by atoms with Crippen molar-refractivity contribution in [1.29, 1.82) is 0 Å². The van der Waals surface area contributed by atoms with Gasteiger partial charge < -0.3 is 25.3 Å². The number of rotatable bonds is 9. The van der Waals surface area contributed by atoms with Crippen molar-refractivity contribution in [3.63, 3.8) is 0 Å². The van der Waals surface area contributed by atoms with E-state index in [9.17, 15) is 0 Å². The minimum Gasteiger partial charge on any atom is -0.493 e. The van der Waals surface area contributed by atoms with Crippen LogP contribution in [-0.4, -0.2) is 40.4 Å². The van der Waals surface area contributed by atoms with E-state index in [0.717, 1.165) is 24.9 Å². The summed E-state index contributed by atoms with van der Waals surface area (Å²) in [5.41, 5.74) is 6.88. The lowest BCUT2D eigenvalue weighted by molar-refractivity contribution is 0.322. The first-order valence-electron chi connectivity index (χ1n) is 7.85. The van der Waals surface area contributed by atoms with Crippen molar-refractivity contribution in [2.45, 2.75) is 26.7 Å². The van der Waals surface area contributed by atoms with Crippen LogP contribution in [0.2, 0.25) is 0 Å². The maximum Gasteiger partial charge on any atom is 0.203 e. The van der Waals surface area contributed by atoms with E-state index in [1.807, 2.05) is 12.1 Å². The van der Waals surface area contributed by atoms with Gasteiger partial charge in [0.2, 0.25) is 5.75 Å². The SMILES string of the molecule is COc1ccc(CCNC(N)=NCCC(C)C)c(OC)c1OC.I. The van der Waals surface area contributed by atoms with E-state index in [1.165, 1.54) is 0 Å². The molecule has 0 bridgehead atoms. The number of methoxy groups -OCH3 is 3. The zero-order valence-electron chi connectivity index (χ0n) is 15.2. The van der Waals surface area contributed by atoms with Crippen molar-refractivity contribution in [2.24, 2.45) is 16.6 Å². The van der Waals surface area contributed by atoms with Crippen molar-refractivity contribution in [2.75, 3.05) is 34.4 Å². The molecule has 0 aliphatic rings. The van der Waals surface area contributed by atoms with Gasteiger partial charge in [-0.2, -0.15) is 0 Å². The summed E-state index contributed by atoms with van der Waals surface area (Å²) in [5, 5.41) is 3.12. The lowest BCUT2D eigenvalue weighted by Gasteiger charge is -2.16. The number of nitrogens with one attached hydrogen (secondary N) is 1. The molecule has 0 aliphatic carbocycles. The second-order valence-corrected chi connectivity index (χ2v) is 5.62. The standard InChI is InChI=1S/C17H29N3O3.HI/c1-12(2)8-10-19-17(18)20-11-9-13-6-7-14(21-3)16(23-5)15(13)22-4;/h6-7,12H,8-11H2,1-5H3,(H3,18,19,20);1H. The van der Waals surface area contributed by atoms with Crippen LogP contribution in [0.25, 0.3) is 0 Å². The van der Waals surface area contributed by atoms with Crippen LogP contribution < -0.4 is 25.3 Å². The van der Waals surface area contributed by atoms with Gasteiger partial charge in [0, 0.05) is 18.7 Å². The van der Waals surface area contributed by atoms with E-state index < -0.39 is 0 Å². The van der Waals surface area contributed by atoms with E-state index in [1.54, 1.807) is 21.3 Å². The highest BCUT2D eigenvalue weighted by molar-refractivity contribution is 14.0. The van der Waals surface area contributed by atoms with Crippen molar-refractivity contribution >= 4 is 29.9 Å². The second-order valence-electron chi connectivity index (χ2n) is 5.62. The Bertz CT molecular complexity index is 522. The molecule has 3 N–H and O–H groups in total. The number of ether oxygens (including phenoxy) is 3. The van der Waals surface area contributed by atoms with Crippen LogP contribution in [0.4, 0.5) is 0 Å². The van der Waals surface area contributed by atoms with Crippen LogP contribution in [0.5, 0.6) is 17.2 Å². The highest BCUT2D eigenvalue weighted by Crippen LogP contribution is 2.39. The zero-order valence-corrected chi connectivity index (χ0v) is 17.5. The number of benzene rings is 1. The van der Waals surface area contributed by atoms with Crippen molar-refractivity contribution < 1.29 is 14.2 Å². The molecular weight excluding hydrogens is 421 g/mol. The third-order valence-electron chi connectivity index (χ3n) is 3.47.